The lowest BCUT2D eigenvalue weighted by Crippen LogP contribution is -2.39. The van der Waals surface area contributed by atoms with Crippen LogP contribution in [0.4, 0.5) is 0 Å². The Kier molecular flexibility index (Phi) is 2.17. The largest absolute Gasteiger partial charge is 0.127 e. The molecule has 0 heterocycles. The van der Waals surface area contributed by atoms with Gasteiger partial charge in [0.1, 0.15) is 0 Å². The SMILES string of the molecule is CC(C)(C)C1CC(P)(P)C1. The Morgan fingerprint density at radius 3 is 1.70 bits per heavy atom. The highest BCUT2D eigenvalue weighted by molar-refractivity contribution is 7.40. The molecule has 1 aliphatic rings. The minimum Gasteiger partial charge on any atom is -0.127 e. The molecule has 60 valence electrons. The summed E-state index contributed by atoms with van der Waals surface area (Å²) in [6.45, 7) is 7.01. The van der Waals surface area contributed by atoms with Crippen LogP contribution < -0.4 is 0 Å². The van der Waals surface area contributed by atoms with E-state index in [1.54, 1.807) is 0 Å². The van der Waals surface area contributed by atoms with Gasteiger partial charge >= 0.3 is 0 Å². The van der Waals surface area contributed by atoms with Gasteiger partial charge in [-0.25, -0.2) is 0 Å². The van der Waals surface area contributed by atoms with Crippen molar-refractivity contribution in [1.82, 2.24) is 0 Å². The molecule has 0 nitrogen and oxygen atoms in total. The summed E-state index contributed by atoms with van der Waals surface area (Å²) in [5.41, 5.74) is 0.524. The van der Waals surface area contributed by atoms with E-state index in [2.05, 4.69) is 39.3 Å². The van der Waals surface area contributed by atoms with Crippen molar-refractivity contribution in [3.05, 3.63) is 0 Å². The molecule has 2 atom stereocenters. The van der Waals surface area contributed by atoms with Gasteiger partial charge in [0.15, 0.2) is 0 Å². The maximum absolute atomic E-state index is 2.92. The van der Waals surface area contributed by atoms with Gasteiger partial charge in [-0.3, -0.25) is 0 Å². The van der Waals surface area contributed by atoms with Gasteiger partial charge in [-0.05, 0) is 29.1 Å². The fraction of sp³-hybridized carbons (Fsp3) is 1.00. The van der Waals surface area contributed by atoms with Crippen LogP contribution in [0, 0.1) is 11.3 Å². The summed E-state index contributed by atoms with van der Waals surface area (Å²) in [5.74, 6) is 0.933. The standard InChI is InChI=1S/C8H18P2/c1-7(2,3)6-4-8(9,10)5-6/h6H,4-5,9-10H2,1-3H3. The normalized spacial score (nSPS) is 26.1. The van der Waals surface area contributed by atoms with Gasteiger partial charge in [-0.15, -0.1) is 18.5 Å². The Morgan fingerprint density at radius 1 is 1.20 bits per heavy atom. The van der Waals surface area contributed by atoms with Crippen LogP contribution in [0.25, 0.3) is 0 Å². The molecule has 0 bridgehead atoms. The Balaban J connectivity index is 2.40. The lowest BCUT2D eigenvalue weighted by atomic mass is 9.68. The Hall–Kier alpha value is 0.860. The Morgan fingerprint density at radius 2 is 1.60 bits per heavy atom. The van der Waals surface area contributed by atoms with E-state index in [1.165, 1.54) is 12.8 Å². The summed E-state index contributed by atoms with van der Waals surface area (Å²) in [5, 5.41) is 0. The second kappa shape index (κ2) is 2.43. The van der Waals surface area contributed by atoms with E-state index < -0.39 is 0 Å². The minimum atomic E-state index is 0.484. The van der Waals surface area contributed by atoms with E-state index in [0.29, 0.717) is 10.3 Å². The molecule has 1 fully saturated rings. The molecular formula is C8H18P2. The summed E-state index contributed by atoms with van der Waals surface area (Å²) >= 11 is 0. The highest BCUT2D eigenvalue weighted by Crippen LogP contribution is 2.55. The fourth-order valence-electron chi connectivity index (χ4n) is 1.47. The van der Waals surface area contributed by atoms with Crippen molar-refractivity contribution in [1.29, 1.82) is 0 Å². The average molecular weight is 176 g/mol. The zero-order valence-electron chi connectivity index (χ0n) is 7.15. The van der Waals surface area contributed by atoms with Crippen LogP contribution in [-0.4, -0.2) is 4.90 Å². The smallest absolute Gasteiger partial charge is 0.000136 e. The number of hydrogen-bond acceptors (Lipinski definition) is 0. The molecule has 0 N–H and O–H groups in total. The van der Waals surface area contributed by atoms with Crippen LogP contribution in [0.15, 0.2) is 0 Å². The van der Waals surface area contributed by atoms with E-state index in [4.69, 9.17) is 0 Å². The van der Waals surface area contributed by atoms with Crippen molar-refractivity contribution in [3.63, 3.8) is 0 Å². The number of hydrogen-bond donors (Lipinski definition) is 0. The van der Waals surface area contributed by atoms with Gasteiger partial charge in [0.05, 0.1) is 0 Å². The molecule has 0 aromatic carbocycles. The van der Waals surface area contributed by atoms with Crippen LogP contribution in [-0.2, 0) is 0 Å². The minimum absolute atomic E-state index is 0.484. The molecule has 0 saturated heterocycles. The predicted octanol–water partition coefficient (Wildman–Crippen LogP) is 2.89. The molecule has 0 spiro atoms. The van der Waals surface area contributed by atoms with E-state index in [9.17, 15) is 0 Å². The summed E-state index contributed by atoms with van der Waals surface area (Å²) in [4.78, 5) is 0.484. The molecule has 2 unspecified atom stereocenters. The van der Waals surface area contributed by atoms with Crippen molar-refractivity contribution >= 4 is 18.5 Å². The molecule has 0 amide bonds. The van der Waals surface area contributed by atoms with Crippen LogP contribution in [0.5, 0.6) is 0 Å². The van der Waals surface area contributed by atoms with Crippen molar-refractivity contribution in [2.24, 2.45) is 11.3 Å². The van der Waals surface area contributed by atoms with Crippen molar-refractivity contribution in [3.8, 4) is 0 Å². The molecule has 2 heteroatoms. The summed E-state index contributed by atoms with van der Waals surface area (Å²) in [7, 11) is 5.85. The summed E-state index contributed by atoms with van der Waals surface area (Å²) < 4.78 is 0. The molecule has 1 aliphatic carbocycles. The second-order valence-corrected chi connectivity index (χ2v) is 7.67. The maximum Gasteiger partial charge on any atom is -0.000136 e. The topological polar surface area (TPSA) is 0 Å². The zero-order chi connectivity index (χ0) is 7.99. The van der Waals surface area contributed by atoms with Gasteiger partial charge in [-0.1, -0.05) is 20.8 Å². The third-order valence-corrected chi connectivity index (χ3v) is 3.42. The fourth-order valence-corrected chi connectivity index (χ4v) is 2.61. The summed E-state index contributed by atoms with van der Waals surface area (Å²) in [6, 6.07) is 0. The van der Waals surface area contributed by atoms with Gasteiger partial charge in [0.2, 0.25) is 0 Å². The van der Waals surface area contributed by atoms with Gasteiger partial charge in [0.25, 0.3) is 0 Å². The quantitative estimate of drug-likeness (QED) is 0.498. The van der Waals surface area contributed by atoms with Crippen LogP contribution >= 0.6 is 18.5 Å². The van der Waals surface area contributed by atoms with Crippen LogP contribution in [0.3, 0.4) is 0 Å². The zero-order valence-corrected chi connectivity index (χ0v) is 9.46. The number of rotatable bonds is 0. The first-order chi connectivity index (χ1) is 4.31. The maximum atomic E-state index is 2.92. The first kappa shape index (κ1) is 8.95. The first-order valence-corrected chi connectivity index (χ1v) is 5.04. The van der Waals surface area contributed by atoms with E-state index >= 15 is 0 Å². The highest BCUT2D eigenvalue weighted by atomic mass is 31.1. The predicted molar refractivity (Wildman–Crippen MR) is 54.3 cm³/mol. The molecule has 0 radical (unpaired) electrons. The van der Waals surface area contributed by atoms with E-state index in [-0.39, 0.29) is 0 Å². The van der Waals surface area contributed by atoms with E-state index in [1.807, 2.05) is 0 Å². The molecule has 0 aromatic rings. The molecule has 0 aromatic heterocycles. The van der Waals surface area contributed by atoms with Gasteiger partial charge in [0, 0.05) is 0 Å². The monoisotopic (exact) mass is 176 g/mol. The average Bonchev–Trinajstić information content (AvgIpc) is 1.56. The molecule has 1 rings (SSSR count). The third kappa shape index (κ3) is 1.93. The lowest BCUT2D eigenvalue weighted by molar-refractivity contribution is 0.135. The molecule has 1 saturated carbocycles. The van der Waals surface area contributed by atoms with Crippen LogP contribution in [0.2, 0.25) is 0 Å². The Labute approximate surface area is 68.9 Å². The first-order valence-electron chi connectivity index (χ1n) is 3.89. The molecule has 10 heavy (non-hydrogen) atoms. The van der Waals surface area contributed by atoms with Crippen LogP contribution in [0.1, 0.15) is 33.6 Å². The van der Waals surface area contributed by atoms with Crippen molar-refractivity contribution < 1.29 is 0 Å². The third-order valence-electron chi connectivity index (χ3n) is 2.48. The second-order valence-electron chi connectivity index (χ2n) is 4.70. The van der Waals surface area contributed by atoms with Gasteiger partial charge < -0.3 is 0 Å². The van der Waals surface area contributed by atoms with Gasteiger partial charge in [-0.2, -0.15) is 0 Å². The summed E-state index contributed by atoms with van der Waals surface area (Å²) in [6.07, 6.45) is 2.71. The Bertz CT molecular complexity index is 125. The lowest BCUT2D eigenvalue weighted by Gasteiger charge is -2.48. The van der Waals surface area contributed by atoms with Crippen molar-refractivity contribution in [2.45, 2.75) is 38.5 Å². The molecule has 0 aliphatic heterocycles. The molecular weight excluding hydrogens is 158 g/mol. The highest BCUT2D eigenvalue weighted by Gasteiger charge is 2.42. The van der Waals surface area contributed by atoms with E-state index in [0.717, 1.165) is 5.92 Å². The van der Waals surface area contributed by atoms with Crippen molar-refractivity contribution in [2.75, 3.05) is 0 Å².